The first-order valence-corrected chi connectivity index (χ1v) is 7.34. The Hall–Kier alpha value is -0.770. The van der Waals surface area contributed by atoms with Gasteiger partial charge in [-0.2, -0.15) is 0 Å². The summed E-state index contributed by atoms with van der Waals surface area (Å²) >= 11 is 3.13. The lowest BCUT2D eigenvalue weighted by atomic mass is 9.82. The molecule has 0 bridgehead atoms. The topological polar surface area (TPSA) is 38.0 Å². The number of hydrogen-bond acceptors (Lipinski definition) is 2. The summed E-state index contributed by atoms with van der Waals surface area (Å²) < 4.78 is 13.9. The van der Waals surface area contributed by atoms with Crippen molar-refractivity contribution in [3.63, 3.8) is 0 Å². The lowest BCUT2D eigenvalue weighted by molar-refractivity contribution is 0.293. The van der Waals surface area contributed by atoms with E-state index in [-0.39, 0.29) is 5.82 Å². The van der Waals surface area contributed by atoms with Crippen LogP contribution in [0.2, 0.25) is 0 Å². The molecule has 0 amide bonds. The minimum absolute atomic E-state index is 0.274. The van der Waals surface area contributed by atoms with Crippen molar-refractivity contribution >= 4 is 27.3 Å². The maximum atomic E-state index is 13.4. The Kier molecular flexibility index (Phi) is 4.49. The Morgan fingerprint density at radius 1 is 1.44 bits per heavy atom. The van der Waals surface area contributed by atoms with Crippen LogP contribution in [0, 0.1) is 17.7 Å². The molecular formula is C14H20BrFN2. The fourth-order valence-electron chi connectivity index (χ4n) is 2.71. The summed E-state index contributed by atoms with van der Waals surface area (Å²) in [6, 6.07) is 3.08. The lowest BCUT2D eigenvalue weighted by Crippen LogP contribution is -2.21. The molecule has 1 aromatic carbocycles. The highest BCUT2D eigenvalue weighted by atomic mass is 79.9. The van der Waals surface area contributed by atoms with Crippen molar-refractivity contribution in [2.45, 2.75) is 32.6 Å². The van der Waals surface area contributed by atoms with Gasteiger partial charge in [-0.05, 0) is 46.7 Å². The Labute approximate surface area is 116 Å². The third kappa shape index (κ3) is 3.37. The van der Waals surface area contributed by atoms with Crippen LogP contribution in [0.3, 0.4) is 0 Å². The highest BCUT2D eigenvalue weighted by molar-refractivity contribution is 9.10. The third-order valence-corrected chi connectivity index (χ3v) is 4.33. The fourth-order valence-corrected chi connectivity index (χ4v) is 3.08. The fraction of sp³-hybridized carbons (Fsp3) is 0.571. The number of nitrogen functional groups attached to an aromatic ring is 1. The molecule has 4 heteroatoms. The zero-order valence-corrected chi connectivity index (χ0v) is 12.3. The van der Waals surface area contributed by atoms with E-state index in [4.69, 9.17) is 5.73 Å². The van der Waals surface area contributed by atoms with Gasteiger partial charge in [0.1, 0.15) is 5.82 Å². The molecule has 0 aliphatic heterocycles. The monoisotopic (exact) mass is 314 g/mol. The van der Waals surface area contributed by atoms with Crippen molar-refractivity contribution in [1.82, 2.24) is 0 Å². The third-order valence-electron chi connectivity index (χ3n) is 3.72. The predicted molar refractivity (Wildman–Crippen MR) is 78.1 cm³/mol. The van der Waals surface area contributed by atoms with E-state index in [0.29, 0.717) is 21.8 Å². The summed E-state index contributed by atoms with van der Waals surface area (Å²) in [6.07, 6.45) is 5.16. The van der Waals surface area contributed by atoms with E-state index in [1.165, 1.54) is 31.7 Å². The second kappa shape index (κ2) is 5.91. The average Bonchev–Trinajstić information content (AvgIpc) is 2.32. The molecule has 1 aromatic rings. The van der Waals surface area contributed by atoms with Crippen molar-refractivity contribution in [2.75, 3.05) is 17.6 Å². The largest absolute Gasteiger partial charge is 0.397 e. The number of nitrogens with two attached hydrogens (primary N) is 1. The second-order valence-corrected chi connectivity index (χ2v) is 6.23. The van der Waals surface area contributed by atoms with Crippen molar-refractivity contribution in [3.05, 3.63) is 22.4 Å². The summed E-state index contributed by atoms with van der Waals surface area (Å²) in [6.45, 7) is 3.19. The molecule has 100 valence electrons. The Morgan fingerprint density at radius 3 is 2.94 bits per heavy atom. The molecule has 2 atom stereocenters. The Bertz CT molecular complexity index is 423. The van der Waals surface area contributed by atoms with E-state index < -0.39 is 0 Å². The summed E-state index contributed by atoms with van der Waals surface area (Å²) in [5, 5.41) is 3.29. The first-order valence-electron chi connectivity index (χ1n) is 6.54. The van der Waals surface area contributed by atoms with Gasteiger partial charge in [0.15, 0.2) is 0 Å². The van der Waals surface area contributed by atoms with Crippen molar-refractivity contribution in [1.29, 1.82) is 0 Å². The van der Waals surface area contributed by atoms with Gasteiger partial charge in [-0.15, -0.1) is 0 Å². The van der Waals surface area contributed by atoms with Crippen molar-refractivity contribution < 1.29 is 4.39 Å². The minimum atomic E-state index is -0.274. The van der Waals surface area contributed by atoms with Crippen LogP contribution < -0.4 is 11.1 Å². The molecule has 0 spiro atoms. The minimum Gasteiger partial charge on any atom is -0.397 e. The molecule has 1 aliphatic carbocycles. The van der Waals surface area contributed by atoms with E-state index in [2.05, 4.69) is 28.2 Å². The van der Waals surface area contributed by atoms with Gasteiger partial charge < -0.3 is 11.1 Å². The molecular weight excluding hydrogens is 295 g/mol. The molecule has 2 nitrogen and oxygen atoms in total. The van der Waals surface area contributed by atoms with Gasteiger partial charge in [0.05, 0.1) is 15.8 Å². The normalized spacial score (nSPS) is 23.9. The van der Waals surface area contributed by atoms with Gasteiger partial charge in [-0.25, -0.2) is 4.39 Å². The molecule has 3 N–H and O–H groups in total. The summed E-state index contributed by atoms with van der Waals surface area (Å²) in [5.41, 5.74) is 7.17. The van der Waals surface area contributed by atoms with Crippen LogP contribution >= 0.6 is 15.9 Å². The molecule has 0 aromatic heterocycles. The maximum absolute atomic E-state index is 13.4. The van der Waals surface area contributed by atoms with Crippen molar-refractivity contribution in [3.8, 4) is 0 Å². The summed E-state index contributed by atoms with van der Waals surface area (Å²) in [7, 11) is 0. The number of hydrogen-bond donors (Lipinski definition) is 2. The molecule has 1 aliphatic rings. The van der Waals surface area contributed by atoms with Gasteiger partial charge in [0, 0.05) is 12.6 Å². The first kappa shape index (κ1) is 13.7. The van der Waals surface area contributed by atoms with Crippen LogP contribution in [-0.2, 0) is 0 Å². The number of anilines is 2. The summed E-state index contributed by atoms with van der Waals surface area (Å²) in [4.78, 5) is 0. The van der Waals surface area contributed by atoms with Crippen molar-refractivity contribution in [2.24, 2.45) is 11.8 Å². The smallest absolute Gasteiger partial charge is 0.139 e. The number of nitrogens with one attached hydrogen (secondary N) is 1. The molecule has 0 saturated heterocycles. The van der Waals surface area contributed by atoms with Crippen LogP contribution in [0.25, 0.3) is 0 Å². The Balaban J connectivity index is 1.95. The standard InChI is InChI=1S/C14H20BrFN2/c1-9-3-2-4-10(5-9)8-18-14-7-12(16)11(15)6-13(14)17/h6-7,9-10,18H,2-5,8,17H2,1H3. The molecule has 1 fully saturated rings. The van der Waals surface area contributed by atoms with E-state index >= 15 is 0 Å². The van der Waals surface area contributed by atoms with Gasteiger partial charge in [-0.1, -0.05) is 19.8 Å². The van der Waals surface area contributed by atoms with Crippen LogP contribution in [0.5, 0.6) is 0 Å². The first-order chi connectivity index (χ1) is 8.56. The van der Waals surface area contributed by atoms with E-state index in [0.717, 1.165) is 12.5 Å². The quantitative estimate of drug-likeness (QED) is 0.811. The highest BCUT2D eigenvalue weighted by Crippen LogP contribution is 2.30. The molecule has 18 heavy (non-hydrogen) atoms. The van der Waals surface area contributed by atoms with Crippen LogP contribution in [0.4, 0.5) is 15.8 Å². The average molecular weight is 315 g/mol. The van der Waals surface area contributed by atoms with Gasteiger partial charge >= 0.3 is 0 Å². The number of benzene rings is 1. The molecule has 1 saturated carbocycles. The van der Waals surface area contributed by atoms with E-state index in [9.17, 15) is 4.39 Å². The van der Waals surface area contributed by atoms with Crippen LogP contribution in [-0.4, -0.2) is 6.54 Å². The van der Waals surface area contributed by atoms with Crippen LogP contribution in [0.15, 0.2) is 16.6 Å². The van der Waals surface area contributed by atoms with Gasteiger partial charge in [-0.3, -0.25) is 0 Å². The number of rotatable bonds is 3. The number of halogens is 2. The van der Waals surface area contributed by atoms with E-state index in [1.807, 2.05) is 0 Å². The highest BCUT2D eigenvalue weighted by Gasteiger charge is 2.18. The second-order valence-electron chi connectivity index (χ2n) is 5.37. The molecule has 2 unspecified atom stereocenters. The zero-order chi connectivity index (χ0) is 13.1. The van der Waals surface area contributed by atoms with Gasteiger partial charge in [0.2, 0.25) is 0 Å². The molecule has 0 radical (unpaired) electrons. The van der Waals surface area contributed by atoms with Crippen LogP contribution in [0.1, 0.15) is 32.6 Å². The zero-order valence-electron chi connectivity index (χ0n) is 10.7. The molecule has 0 heterocycles. The summed E-state index contributed by atoms with van der Waals surface area (Å²) in [5.74, 6) is 1.22. The van der Waals surface area contributed by atoms with Gasteiger partial charge in [0.25, 0.3) is 0 Å². The predicted octanol–water partition coefficient (Wildman–Crippen LogP) is 4.41. The maximum Gasteiger partial charge on any atom is 0.139 e. The van der Waals surface area contributed by atoms with E-state index in [1.54, 1.807) is 6.07 Å². The molecule has 2 rings (SSSR count). The Morgan fingerprint density at radius 2 is 2.22 bits per heavy atom. The lowest BCUT2D eigenvalue weighted by Gasteiger charge is -2.27. The SMILES string of the molecule is CC1CCCC(CNc2cc(F)c(Br)cc2N)C1.